The molecule has 5 heteroatoms. The van der Waals surface area contributed by atoms with E-state index >= 15 is 0 Å². The van der Waals surface area contributed by atoms with Gasteiger partial charge in [0.1, 0.15) is 6.54 Å². The number of anilines is 1. The van der Waals surface area contributed by atoms with Crippen LogP contribution in [0, 0.1) is 5.92 Å². The summed E-state index contributed by atoms with van der Waals surface area (Å²) in [5, 5.41) is 4.05. The minimum absolute atomic E-state index is 0.114. The predicted molar refractivity (Wildman–Crippen MR) is 75.4 cm³/mol. The summed E-state index contributed by atoms with van der Waals surface area (Å²) in [5.74, 6) is 0.966. The van der Waals surface area contributed by atoms with Gasteiger partial charge in [0.25, 0.3) is 0 Å². The van der Waals surface area contributed by atoms with Crippen LogP contribution in [0.25, 0.3) is 0 Å². The molecule has 1 aromatic heterocycles. The van der Waals surface area contributed by atoms with Gasteiger partial charge in [0.2, 0.25) is 5.91 Å². The molecule has 0 unspecified atom stereocenters. The second-order valence-electron chi connectivity index (χ2n) is 5.56. The summed E-state index contributed by atoms with van der Waals surface area (Å²) in [6.45, 7) is 2.53. The van der Waals surface area contributed by atoms with E-state index in [0.717, 1.165) is 18.8 Å². The van der Waals surface area contributed by atoms with Gasteiger partial charge in [0.15, 0.2) is 0 Å². The molecule has 1 aromatic rings. The summed E-state index contributed by atoms with van der Waals surface area (Å²) in [5.41, 5.74) is 6.19. The first-order valence-corrected chi connectivity index (χ1v) is 7.13. The molecule has 0 atom stereocenters. The summed E-state index contributed by atoms with van der Waals surface area (Å²) in [6, 6.07) is 0.392. The average Bonchev–Trinajstić information content (AvgIpc) is 2.83. The maximum Gasteiger partial charge on any atom is 0.244 e. The number of aromatic nitrogens is 2. The molecule has 1 saturated carbocycles. The quantitative estimate of drug-likeness (QED) is 0.903. The highest BCUT2D eigenvalue weighted by Crippen LogP contribution is 2.29. The number of hydrogen-bond donors (Lipinski definition) is 1. The van der Waals surface area contributed by atoms with Crippen molar-refractivity contribution in [1.82, 2.24) is 14.7 Å². The lowest BCUT2D eigenvalue weighted by Gasteiger charge is -2.34. The van der Waals surface area contributed by atoms with Gasteiger partial charge >= 0.3 is 0 Å². The molecule has 0 aromatic carbocycles. The standard InChI is InChI=1S/C14H24N4O/c1-3-11-4-6-13(7-5-11)17(2)14(19)10-18-9-12(15)8-16-18/h8-9,11,13H,3-7,10,15H2,1-2H3. The summed E-state index contributed by atoms with van der Waals surface area (Å²) >= 11 is 0. The van der Waals surface area contributed by atoms with Gasteiger partial charge in [-0.2, -0.15) is 5.10 Å². The van der Waals surface area contributed by atoms with Crippen LogP contribution in [0.2, 0.25) is 0 Å². The van der Waals surface area contributed by atoms with E-state index in [2.05, 4.69) is 12.0 Å². The Hall–Kier alpha value is -1.52. The molecule has 0 radical (unpaired) electrons. The van der Waals surface area contributed by atoms with Crippen molar-refractivity contribution in [2.75, 3.05) is 12.8 Å². The summed E-state index contributed by atoms with van der Waals surface area (Å²) < 4.78 is 1.60. The third-order valence-electron chi connectivity index (χ3n) is 4.29. The Labute approximate surface area is 114 Å². The minimum Gasteiger partial charge on any atom is -0.396 e. The van der Waals surface area contributed by atoms with Crippen LogP contribution < -0.4 is 5.73 Å². The van der Waals surface area contributed by atoms with Gasteiger partial charge in [-0.25, -0.2) is 0 Å². The number of nitrogen functional groups attached to an aromatic ring is 1. The maximum atomic E-state index is 12.2. The fraction of sp³-hybridized carbons (Fsp3) is 0.714. The van der Waals surface area contributed by atoms with Gasteiger partial charge in [-0.05, 0) is 31.6 Å². The number of carbonyl (C=O) groups excluding carboxylic acids is 1. The number of likely N-dealkylation sites (N-methyl/N-ethyl adjacent to an activating group) is 1. The molecule has 0 spiro atoms. The van der Waals surface area contributed by atoms with E-state index in [1.54, 1.807) is 17.1 Å². The van der Waals surface area contributed by atoms with E-state index in [4.69, 9.17) is 5.73 Å². The van der Waals surface area contributed by atoms with Crippen molar-refractivity contribution in [3.63, 3.8) is 0 Å². The summed E-state index contributed by atoms with van der Waals surface area (Å²) in [4.78, 5) is 14.1. The molecule has 2 N–H and O–H groups in total. The van der Waals surface area contributed by atoms with Crippen LogP contribution >= 0.6 is 0 Å². The van der Waals surface area contributed by atoms with Crippen molar-refractivity contribution in [1.29, 1.82) is 0 Å². The minimum atomic E-state index is 0.114. The average molecular weight is 264 g/mol. The molecule has 2 rings (SSSR count). The third-order valence-corrected chi connectivity index (χ3v) is 4.29. The lowest BCUT2D eigenvalue weighted by molar-refractivity contribution is -0.133. The van der Waals surface area contributed by atoms with Gasteiger partial charge in [-0.3, -0.25) is 9.48 Å². The Morgan fingerprint density at radius 2 is 2.16 bits per heavy atom. The zero-order chi connectivity index (χ0) is 13.8. The van der Waals surface area contributed by atoms with Crippen LogP contribution in [0.15, 0.2) is 12.4 Å². The van der Waals surface area contributed by atoms with E-state index in [1.807, 2.05) is 11.9 Å². The zero-order valence-electron chi connectivity index (χ0n) is 11.9. The molecule has 106 valence electrons. The Balaban J connectivity index is 1.85. The summed E-state index contributed by atoms with van der Waals surface area (Å²) in [6.07, 6.45) is 9.27. The number of carbonyl (C=O) groups is 1. The van der Waals surface area contributed by atoms with Gasteiger partial charge in [-0.15, -0.1) is 0 Å². The largest absolute Gasteiger partial charge is 0.396 e. The van der Waals surface area contributed by atoms with Crippen molar-refractivity contribution in [2.45, 2.75) is 51.6 Å². The second-order valence-corrected chi connectivity index (χ2v) is 5.56. The van der Waals surface area contributed by atoms with Crippen LogP contribution in [0.1, 0.15) is 39.0 Å². The number of hydrogen-bond acceptors (Lipinski definition) is 3. The molecular formula is C14H24N4O. The molecule has 1 fully saturated rings. The first-order valence-electron chi connectivity index (χ1n) is 7.13. The monoisotopic (exact) mass is 264 g/mol. The highest BCUT2D eigenvalue weighted by Gasteiger charge is 2.25. The molecular weight excluding hydrogens is 240 g/mol. The number of nitrogens with two attached hydrogens (primary N) is 1. The van der Waals surface area contributed by atoms with Gasteiger partial charge < -0.3 is 10.6 Å². The third kappa shape index (κ3) is 3.49. The predicted octanol–water partition coefficient (Wildman–Crippen LogP) is 1.89. The molecule has 0 aliphatic heterocycles. The number of nitrogens with zero attached hydrogens (tertiary/aromatic N) is 3. The lowest BCUT2D eigenvalue weighted by Crippen LogP contribution is -2.41. The van der Waals surface area contributed by atoms with E-state index < -0.39 is 0 Å². The fourth-order valence-electron chi connectivity index (χ4n) is 2.86. The SMILES string of the molecule is CCC1CCC(N(C)C(=O)Cn2cc(N)cn2)CC1. The highest BCUT2D eigenvalue weighted by atomic mass is 16.2. The number of rotatable bonds is 4. The molecule has 1 aliphatic carbocycles. The van der Waals surface area contributed by atoms with Gasteiger partial charge in [0, 0.05) is 19.3 Å². The Morgan fingerprint density at radius 1 is 1.47 bits per heavy atom. The molecule has 0 bridgehead atoms. The van der Waals surface area contributed by atoms with Gasteiger partial charge in [-0.1, -0.05) is 13.3 Å². The van der Waals surface area contributed by atoms with Crippen molar-refractivity contribution >= 4 is 11.6 Å². The van der Waals surface area contributed by atoms with Crippen molar-refractivity contribution in [2.24, 2.45) is 5.92 Å². The highest BCUT2D eigenvalue weighted by molar-refractivity contribution is 5.76. The zero-order valence-corrected chi connectivity index (χ0v) is 11.9. The molecule has 1 heterocycles. The molecule has 19 heavy (non-hydrogen) atoms. The van der Waals surface area contributed by atoms with Crippen LogP contribution in [0.4, 0.5) is 5.69 Å². The van der Waals surface area contributed by atoms with Crippen LogP contribution in [-0.4, -0.2) is 33.7 Å². The molecule has 1 amide bonds. The van der Waals surface area contributed by atoms with Crippen molar-refractivity contribution in [3.8, 4) is 0 Å². The van der Waals surface area contributed by atoms with Crippen molar-refractivity contribution in [3.05, 3.63) is 12.4 Å². The van der Waals surface area contributed by atoms with E-state index in [1.165, 1.54) is 19.3 Å². The topological polar surface area (TPSA) is 64.2 Å². The first kappa shape index (κ1) is 13.9. The van der Waals surface area contributed by atoms with E-state index in [0.29, 0.717) is 11.7 Å². The van der Waals surface area contributed by atoms with Crippen LogP contribution in [0.5, 0.6) is 0 Å². The Bertz CT molecular complexity index is 421. The van der Waals surface area contributed by atoms with Crippen LogP contribution in [0.3, 0.4) is 0 Å². The fourth-order valence-corrected chi connectivity index (χ4v) is 2.86. The molecule has 1 aliphatic rings. The Morgan fingerprint density at radius 3 is 2.68 bits per heavy atom. The first-order chi connectivity index (χ1) is 9.10. The number of amides is 1. The molecule has 0 saturated heterocycles. The lowest BCUT2D eigenvalue weighted by atomic mass is 9.84. The van der Waals surface area contributed by atoms with E-state index in [9.17, 15) is 4.79 Å². The van der Waals surface area contributed by atoms with Crippen LogP contribution in [-0.2, 0) is 11.3 Å². The van der Waals surface area contributed by atoms with E-state index in [-0.39, 0.29) is 12.5 Å². The second kappa shape index (κ2) is 6.08. The van der Waals surface area contributed by atoms with Crippen molar-refractivity contribution < 1.29 is 4.79 Å². The summed E-state index contributed by atoms with van der Waals surface area (Å²) in [7, 11) is 1.91. The van der Waals surface area contributed by atoms with Gasteiger partial charge in [0.05, 0.1) is 11.9 Å². The normalized spacial score (nSPS) is 23.3. The Kier molecular flexibility index (Phi) is 4.45. The smallest absolute Gasteiger partial charge is 0.244 e. The molecule has 5 nitrogen and oxygen atoms in total. The maximum absolute atomic E-state index is 12.2.